The molecule has 0 spiro atoms. The molecule has 0 radical (unpaired) electrons. The Morgan fingerprint density at radius 3 is 2.50 bits per heavy atom. The highest BCUT2D eigenvalue weighted by molar-refractivity contribution is 6.30. The molecule has 0 aliphatic heterocycles. The van der Waals surface area contributed by atoms with Crippen LogP contribution in [0.25, 0.3) is 16.6 Å². The van der Waals surface area contributed by atoms with E-state index < -0.39 is 11.0 Å². The lowest BCUT2D eigenvalue weighted by Crippen LogP contribution is -2.38. The summed E-state index contributed by atoms with van der Waals surface area (Å²) in [6.45, 7) is 4.28. The molecule has 1 unspecified atom stereocenters. The summed E-state index contributed by atoms with van der Waals surface area (Å²) in [6.07, 6.45) is 1.58. The topological polar surface area (TPSA) is 98.3 Å². The van der Waals surface area contributed by atoms with Gasteiger partial charge in [-0.1, -0.05) is 43.1 Å². The molecular formula is C27H25ClN4O4. The average Bonchev–Trinajstić information content (AvgIpc) is 2.88. The molecule has 0 fully saturated rings. The minimum atomic E-state index is -0.587. The molecule has 0 aliphatic rings. The number of benzene rings is 3. The zero-order valence-corrected chi connectivity index (χ0v) is 20.7. The van der Waals surface area contributed by atoms with Crippen molar-refractivity contribution in [3.63, 3.8) is 0 Å². The van der Waals surface area contributed by atoms with Crippen LogP contribution in [0, 0.1) is 10.1 Å². The number of rotatable bonds is 8. The third-order valence-corrected chi connectivity index (χ3v) is 6.28. The van der Waals surface area contributed by atoms with E-state index in [1.54, 1.807) is 47.4 Å². The minimum Gasteiger partial charge on any atom is -0.329 e. The van der Waals surface area contributed by atoms with Gasteiger partial charge in [-0.3, -0.25) is 24.3 Å². The summed E-state index contributed by atoms with van der Waals surface area (Å²) in [6, 6.07) is 18.9. The van der Waals surface area contributed by atoms with Crippen molar-refractivity contribution in [2.24, 2.45) is 0 Å². The standard InChI is InChI=1S/C27H25ClN4O4/c1-3-4-16-30(26(33)19-12-14-21(15-13-19)32(35)36)18(2)25-29-24-11-6-5-10-23(24)27(34)31(25)22-9-7-8-20(28)17-22/h5-15,17-18H,3-4,16H2,1-2H3. The Labute approximate surface area is 212 Å². The molecule has 4 aromatic rings. The lowest BCUT2D eigenvalue weighted by atomic mass is 10.1. The van der Waals surface area contributed by atoms with Crippen LogP contribution in [0.3, 0.4) is 0 Å². The minimum absolute atomic E-state index is 0.0919. The number of halogens is 1. The fourth-order valence-electron chi connectivity index (χ4n) is 4.13. The molecule has 9 heteroatoms. The van der Waals surface area contributed by atoms with Gasteiger partial charge in [-0.15, -0.1) is 0 Å². The third kappa shape index (κ3) is 4.99. The van der Waals surface area contributed by atoms with Crippen molar-refractivity contribution in [1.29, 1.82) is 0 Å². The van der Waals surface area contributed by atoms with Gasteiger partial charge >= 0.3 is 0 Å². The Kier molecular flexibility index (Phi) is 7.45. The van der Waals surface area contributed by atoms with E-state index in [0.717, 1.165) is 12.8 Å². The van der Waals surface area contributed by atoms with Crippen LogP contribution >= 0.6 is 11.6 Å². The van der Waals surface area contributed by atoms with Crippen LogP contribution in [-0.2, 0) is 0 Å². The van der Waals surface area contributed by atoms with Crippen molar-refractivity contribution >= 4 is 34.1 Å². The summed E-state index contributed by atoms with van der Waals surface area (Å²) in [4.78, 5) is 44.3. The Balaban J connectivity index is 1.87. The summed E-state index contributed by atoms with van der Waals surface area (Å²) in [5.41, 5.74) is 1.04. The molecule has 1 atom stereocenters. The highest BCUT2D eigenvalue weighted by Gasteiger charge is 2.27. The fourth-order valence-corrected chi connectivity index (χ4v) is 4.31. The van der Waals surface area contributed by atoms with E-state index in [4.69, 9.17) is 16.6 Å². The van der Waals surface area contributed by atoms with Gasteiger partial charge in [0.1, 0.15) is 5.82 Å². The Morgan fingerprint density at radius 2 is 1.83 bits per heavy atom. The predicted octanol–water partition coefficient (Wildman–Crippen LogP) is 5.95. The largest absolute Gasteiger partial charge is 0.329 e. The molecule has 184 valence electrons. The van der Waals surface area contributed by atoms with E-state index in [0.29, 0.717) is 39.5 Å². The van der Waals surface area contributed by atoms with Crippen molar-refractivity contribution in [2.45, 2.75) is 32.7 Å². The third-order valence-electron chi connectivity index (χ3n) is 6.05. The molecule has 0 N–H and O–H groups in total. The molecule has 8 nitrogen and oxygen atoms in total. The number of unbranched alkanes of at least 4 members (excludes halogenated alkanes) is 1. The molecular weight excluding hydrogens is 480 g/mol. The molecule has 0 saturated carbocycles. The molecule has 1 aromatic heterocycles. The second-order valence-corrected chi connectivity index (χ2v) is 8.88. The molecule has 36 heavy (non-hydrogen) atoms. The zero-order valence-electron chi connectivity index (χ0n) is 19.9. The number of carbonyl (C=O) groups is 1. The summed E-state index contributed by atoms with van der Waals surface area (Å²) in [5.74, 6) is 0.0956. The second kappa shape index (κ2) is 10.7. The molecule has 3 aromatic carbocycles. The van der Waals surface area contributed by atoms with Crippen LogP contribution in [0.4, 0.5) is 5.69 Å². The normalized spacial score (nSPS) is 11.9. The van der Waals surface area contributed by atoms with Crippen LogP contribution < -0.4 is 5.56 Å². The lowest BCUT2D eigenvalue weighted by Gasteiger charge is -2.30. The first-order valence-electron chi connectivity index (χ1n) is 11.6. The predicted molar refractivity (Wildman–Crippen MR) is 140 cm³/mol. The first-order valence-corrected chi connectivity index (χ1v) is 12.0. The van der Waals surface area contributed by atoms with Crippen molar-refractivity contribution < 1.29 is 9.72 Å². The van der Waals surface area contributed by atoms with Crippen molar-refractivity contribution in [3.05, 3.63) is 110 Å². The van der Waals surface area contributed by atoms with Crippen molar-refractivity contribution in [1.82, 2.24) is 14.5 Å². The lowest BCUT2D eigenvalue weighted by molar-refractivity contribution is -0.384. The number of fused-ring (bicyclic) bond motifs is 1. The van der Waals surface area contributed by atoms with Crippen LogP contribution in [-0.4, -0.2) is 31.8 Å². The maximum atomic E-state index is 13.7. The number of nitro groups is 1. The van der Waals surface area contributed by atoms with E-state index >= 15 is 0 Å². The number of hydrogen-bond donors (Lipinski definition) is 0. The van der Waals surface area contributed by atoms with Crippen molar-refractivity contribution in [2.75, 3.05) is 6.54 Å². The molecule has 0 bridgehead atoms. The molecule has 0 saturated heterocycles. The number of nitro benzene ring substituents is 1. The summed E-state index contributed by atoms with van der Waals surface area (Å²) >= 11 is 6.25. The van der Waals surface area contributed by atoms with E-state index in [-0.39, 0.29) is 17.2 Å². The number of non-ortho nitro benzene ring substituents is 1. The number of para-hydroxylation sites is 1. The zero-order chi connectivity index (χ0) is 25.8. The van der Waals surface area contributed by atoms with Gasteiger partial charge in [-0.25, -0.2) is 4.98 Å². The monoisotopic (exact) mass is 504 g/mol. The van der Waals surface area contributed by atoms with Crippen LogP contribution in [0.2, 0.25) is 5.02 Å². The highest BCUT2D eigenvalue weighted by Crippen LogP contribution is 2.26. The number of aromatic nitrogens is 2. The molecule has 4 rings (SSSR count). The van der Waals surface area contributed by atoms with Crippen molar-refractivity contribution in [3.8, 4) is 5.69 Å². The van der Waals surface area contributed by atoms with Crippen LogP contribution in [0.15, 0.2) is 77.6 Å². The van der Waals surface area contributed by atoms with Gasteiger partial charge in [0.15, 0.2) is 0 Å². The van der Waals surface area contributed by atoms with Gasteiger partial charge in [0.2, 0.25) is 0 Å². The fraction of sp³-hybridized carbons (Fsp3) is 0.222. The first kappa shape index (κ1) is 25.1. The average molecular weight is 505 g/mol. The smallest absolute Gasteiger partial charge is 0.269 e. The Morgan fingerprint density at radius 1 is 1.11 bits per heavy atom. The number of carbonyl (C=O) groups excluding carboxylic acids is 1. The second-order valence-electron chi connectivity index (χ2n) is 8.44. The number of nitrogens with zero attached hydrogens (tertiary/aromatic N) is 4. The van der Waals surface area contributed by atoms with Gasteiger partial charge in [0.05, 0.1) is 27.6 Å². The van der Waals surface area contributed by atoms with Gasteiger partial charge in [-0.05, 0) is 55.8 Å². The van der Waals surface area contributed by atoms with Gasteiger partial charge in [0, 0.05) is 29.3 Å². The SMILES string of the molecule is CCCCN(C(=O)c1ccc([N+](=O)[O-])cc1)C(C)c1nc2ccccc2c(=O)n1-c1cccc(Cl)c1. The van der Waals surface area contributed by atoms with Crippen LogP contribution in [0.1, 0.15) is 48.9 Å². The Bertz CT molecular complexity index is 1480. The van der Waals surface area contributed by atoms with E-state index in [9.17, 15) is 19.7 Å². The Hall–Kier alpha value is -4.04. The van der Waals surface area contributed by atoms with Gasteiger partial charge < -0.3 is 4.90 Å². The first-order chi connectivity index (χ1) is 17.3. The maximum absolute atomic E-state index is 13.7. The van der Waals surface area contributed by atoms with Gasteiger partial charge in [0.25, 0.3) is 17.2 Å². The summed E-state index contributed by atoms with van der Waals surface area (Å²) < 4.78 is 1.50. The number of hydrogen-bond acceptors (Lipinski definition) is 5. The van der Waals surface area contributed by atoms with E-state index in [1.807, 2.05) is 19.9 Å². The maximum Gasteiger partial charge on any atom is 0.269 e. The summed E-state index contributed by atoms with van der Waals surface area (Å²) in [5, 5.41) is 12.0. The van der Waals surface area contributed by atoms with E-state index in [2.05, 4.69) is 0 Å². The quantitative estimate of drug-likeness (QED) is 0.218. The number of amides is 1. The van der Waals surface area contributed by atoms with Crippen LogP contribution in [0.5, 0.6) is 0 Å². The molecule has 0 aliphatic carbocycles. The molecule has 1 heterocycles. The molecule has 1 amide bonds. The summed E-state index contributed by atoms with van der Waals surface area (Å²) in [7, 11) is 0. The highest BCUT2D eigenvalue weighted by atomic mass is 35.5. The van der Waals surface area contributed by atoms with Gasteiger partial charge in [-0.2, -0.15) is 0 Å². The van der Waals surface area contributed by atoms with E-state index in [1.165, 1.54) is 28.8 Å².